The molecule has 5 aromatic carbocycles. The minimum Gasteiger partial charge on any atom is -0.422 e. The number of aryl methyl sites for hydroxylation is 1. The van der Waals surface area contributed by atoms with Crippen molar-refractivity contribution in [2.45, 2.75) is 6.92 Å². The van der Waals surface area contributed by atoms with Crippen LogP contribution in [-0.2, 0) is 9.53 Å². The van der Waals surface area contributed by atoms with E-state index in [9.17, 15) is 4.79 Å². The Balaban J connectivity index is 1.41. The van der Waals surface area contributed by atoms with E-state index in [1.165, 1.54) is 5.56 Å². The molecule has 0 unspecified atom stereocenters. The molecule has 0 aliphatic carbocycles. The maximum atomic E-state index is 13.2. The molecule has 42 heavy (non-hydrogen) atoms. The number of ether oxygens (including phenoxy) is 1. The molecule has 0 atom stereocenters. The zero-order valence-corrected chi connectivity index (χ0v) is 24.5. The lowest BCUT2D eigenvalue weighted by Gasteiger charge is -2.15. The molecule has 1 aromatic heterocycles. The van der Waals surface area contributed by atoms with Gasteiger partial charge in [-0.2, -0.15) is 0 Å². The summed E-state index contributed by atoms with van der Waals surface area (Å²) in [4.78, 5) is 13.2. The number of cyclic esters (lactones) is 1. The number of benzene rings is 5. The lowest BCUT2D eigenvalue weighted by Crippen LogP contribution is -2.00. The second kappa shape index (κ2) is 10.8. The Morgan fingerprint density at radius 1 is 0.690 bits per heavy atom. The van der Waals surface area contributed by atoms with Gasteiger partial charge in [0.1, 0.15) is 5.76 Å². The Morgan fingerprint density at radius 2 is 1.36 bits per heavy atom. The van der Waals surface area contributed by atoms with Crippen LogP contribution in [0.2, 0.25) is 0 Å². The average molecular weight is 609 g/mol. The fourth-order valence-corrected chi connectivity index (χ4v) is 5.79. The molecule has 7 rings (SSSR count). The van der Waals surface area contributed by atoms with E-state index in [2.05, 4.69) is 100 Å². The highest BCUT2D eigenvalue weighted by Gasteiger charge is 2.25. The van der Waals surface area contributed by atoms with Crippen LogP contribution in [0.3, 0.4) is 0 Å². The van der Waals surface area contributed by atoms with E-state index >= 15 is 0 Å². The maximum absolute atomic E-state index is 13.2. The van der Waals surface area contributed by atoms with Gasteiger partial charge in [0, 0.05) is 21.3 Å². The van der Waals surface area contributed by atoms with Crippen molar-refractivity contribution >= 4 is 44.5 Å². The van der Waals surface area contributed by atoms with Gasteiger partial charge >= 0.3 is 5.97 Å². The Labute approximate surface area is 253 Å². The zero-order valence-electron chi connectivity index (χ0n) is 22.9. The van der Waals surface area contributed by atoms with Crippen molar-refractivity contribution in [1.29, 1.82) is 0 Å². The van der Waals surface area contributed by atoms with E-state index in [0.717, 1.165) is 54.6 Å². The molecule has 1 aliphatic rings. The van der Waals surface area contributed by atoms with Gasteiger partial charge in [0.15, 0.2) is 0 Å². The monoisotopic (exact) mass is 607 g/mol. The summed E-state index contributed by atoms with van der Waals surface area (Å²) < 4.78 is 9.09. The lowest BCUT2D eigenvalue weighted by molar-refractivity contribution is -0.130. The summed E-state index contributed by atoms with van der Waals surface area (Å²) in [6.07, 6.45) is 3.80. The van der Waals surface area contributed by atoms with Crippen LogP contribution in [-0.4, -0.2) is 10.5 Å². The first-order valence-electron chi connectivity index (χ1n) is 13.8. The van der Waals surface area contributed by atoms with E-state index in [-0.39, 0.29) is 5.97 Å². The maximum Gasteiger partial charge on any atom is 0.343 e. The fraction of sp³-hybridized carbons (Fsp3) is 0.0263. The predicted octanol–water partition coefficient (Wildman–Crippen LogP) is 10.0. The minimum atomic E-state index is -0.356. The number of rotatable bonds is 5. The average Bonchev–Trinajstić information content (AvgIpc) is 3.58. The number of carbonyl (C=O) groups is 1. The molecule has 0 amide bonds. The largest absolute Gasteiger partial charge is 0.422 e. The number of esters is 1. The van der Waals surface area contributed by atoms with Crippen molar-refractivity contribution in [3.05, 3.63) is 160 Å². The number of aromatic nitrogens is 1. The molecule has 0 fully saturated rings. The van der Waals surface area contributed by atoms with E-state index in [1.807, 2.05) is 66.7 Å². The number of hydrogen-bond donors (Lipinski definition) is 0. The van der Waals surface area contributed by atoms with Gasteiger partial charge in [0.05, 0.1) is 17.0 Å². The van der Waals surface area contributed by atoms with Crippen LogP contribution < -0.4 is 0 Å². The van der Waals surface area contributed by atoms with Gasteiger partial charge in [-0.3, -0.25) is 0 Å². The smallest absolute Gasteiger partial charge is 0.343 e. The molecule has 0 radical (unpaired) electrons. The van der Waals surface area contributed by atoms with Gasteiger partial charge in [-0.15, -0.1) is 0 Å². The summed E-state index contributed by atoms with van der Waals surface area (Å²) in [7, 11) is 0. The number of fused-ring (bicyclic) bond motifs is 1. The molecule has 0 bridgehead atoms. The molecule has 3 nitrogen and oxygen atoms in total. The first-order chi connectivity index (χ1) is 20.5. The standard InChI is InChI=1S/C38H26BrNO2/c1-25-12-13-29-21-30(15-14-28(29)20-25)36-24-32(38(41)42-36)22-31-23-35(26-8-4-2-5-9-26)40(34-18-16-33(39)17-19-34)37(31)27-10-6-3-7-11-27/h2-24H,1H3/b32-22+. The zero-order chi connectivity index (χ0) is 28.6. The van der Waals surface area contributed by atoms with Gasteiger partial charge in [-0.25, -0.2) is 4.79 Å². The molecule has 2 heterocycles. The van der Waals surface area contributed by atoms with Crippen molar-refractivity contribution in [2.24, 2.45) is 0 Å². The van der Waals surface area contributed by atoms with Crippen molar-refractivity contribution in [1.82, 2.24) is 4.57 Å². The number of carbonyl (C=O) groups excluding carboxylic acids is 1. The fourth-order valence-electron chi connectivity index (χ4n) is 5.53. The second-order valence-electron chi connectivity index (χ2n) is 10.4. The van der Waals surface area contributed by atoms with Gasteiger partial charge < -0.3 is 9.30 Å². The molecule has 0 N–H and O–H groups in total. The van der Waals surface area contributed by atoms with Crippen LogP contribution in [0.25, 0.3) is 50.8 Å². The van der Waals surface area contributed by atoms with Crippen LogP contribution in [0, 0.1) is 6.92 Å². The quantitative estimate of drug-likeness (QED) is 0.144. The first-order valence-corrected chi connectivity index (χ1v) is 14.6. The van der Waals surface area contributed by atoms with Crippen LogP contribution in [0.15, 0.2) is 144 Å². The molecule has 1 aliphatic heterocycles. The molecule has 6 aromatic rings. The molecule has 0 spiro atoms. The highest BCUT2D eigenvalue weighted by molar-refractivity contribution is 9.10. The summed E-state index contributed by atoms with van der Waals surface area (Å²) in [5.74, 6) is 0.205. The van der Waals surface area contributed by atoms with E-state index in [0.29, 0.717) is 11.3 Å². The van der Waals surface area contributed by atoms with E-state index in [1.54, 1.807) is 0 Å². The van der Waals surface area contributed by atoms with E-state index in [4.69, 9.17) is 4.74 Å². The van der Waals surface area contributed by atoms with Gasteiger partial charge in [-0.05, 0) is 77.4 Å². The van der Waals surface area contributed by atoms with E-state index < -0.39 is 0 Å². The van der Waals surface area contributed by atoms with Crippen LogP contribution in [0.5, 0.6) is 0 Å². The third-order valence-corrected chi connectivity index (χ3v) is 8.08. The van der Waals surface area contributed by atoms with Crippen molar-refractivity contribution in [3.8, 4) is 28.2 Å². The van der Waals surface area contributed by atoms with Crippen LogP contribution >= 0.6 is 15.9 Å². The molecule has 0 saturated carbocycles. The van der Waals surface area contributed by atoms with Crippen molar-refractivity contribution < 1.29 is 9.53 Å². The first kappa shape index (κ1) is 26.0. The predicted molar refractivity (Wildman–Crippen MR) is 175 cm³/mol. The van der Waals surface area contributed by atoms with Gasteiger partial charge in [-0.1, -0.05) is 112 Å². The number of nitrogens with zero attached hydrogens (tertiary/aromatic N) is 1. The molecule has 202 valence electrons. The summed E-state index contributed by atoms with van der Waals surface area (Å²) in [6, 6.07) is 43.6. The van der Waals surface area contributed by atoms with Crippen LogP contribution in [0.4, 0.5) is 0 Å². The number of halogens is 1. The van der Waals surface area contributed by atoms with Gasteiger partial charge in [0.25, 0.3) is 0 Å². The third kappa shape index (κ3) is 4.91. The lowest BCUT2D eigenvalue weighted by atomic mass is 10.0. The Hall–Kier alpha value is -4.93. The van der Waals surface area contributed by atoms with Gasteiger partial charge in [0.2, 0.25) is 0 Å². The van der Waals surface area contributed by atoms with Crippen LogP contribution in [0.1, 0.15) is 16.7 Å². The topological polar surface area (TPSA) is 31.2 Å². The summed E-state index contributed by atoms with van der Waals surface area (Å²) in [5.41, 5.74) is 8.73. The SMILES string of the molecule is Cc1ccc2cc(C3=C/C(=C\c4cc(-c5ccccc5)n(-c5ccc(Br)cc5)c4-c4ccccc4)C(=O)O3)ccc2c1. The minimum absolute atomic E-state index is 0.356. The molecular weight excluding hydrogens is 582 g/mol. The normalized spacial score (nSPS) is 13.9. The summed E-state index contributed by atoms with van der Waals surface area (Å²) in [6.45, 7) is 2.09. The summed E-state index contributed by atoms with van der Waals surface area (Å²) >= 11 is 3.58. The molecule has 0 saturated heterocycles. The highest BCUT2D eigenvalue weighted by atomic mass is 79.9. The highest BCUT2D eigenvalue weighted by Crippen LogP contribution is 2.39. The Kier molecular flexibility index (Phi) is 6.69. The Bertz CT molecular complexity index is 2020. The second-order valence-corrected chi connectivity index (χ2v) is 11.4. The third-order valence-electron chi connectivity index (χ3n) is 7.55. The van der Waals surface area contributed by atoms with Crippen molar-refractivity contribution in [3.63, 3.8) is 0 Å². The molecule has 4 heteroatoms. The molecular formula is C38H26BrNO2. The number of hydrogen-bond acceptors (Lipinski definition) is 2. The summed E-state index contributed by atoms with van der Waals surface area (Å²) in [5, 5.41) is 2.27. The van der Waals surface area contributed by atoms with Crippen molar-refractivity contribution in [2.75, 3.05) is 0 Å². The Morgan fingerprint density at radius 3 is 2.10 bits per heavy atom.